The van der Waals surface area contributed by atoms with Gasteiger partial charge in [0.15, 0.2) is 0 Å². The van der Waals surface area contributed by atoms with Gasteiger partial charge in [0.2, 0.25) is 0 Å². The van der Waals surface area contributed by atoms with E-state index in [4.69, 9.17) is 5.26 Å². The Labute approximate surface area is 75.8 Å². The molecule has 1 rings (SSSR count). The Hall–Kier alpha value is -0.810. The Morgan fingerprint density at radius 1 is 1.45 bits per heavy atom. The minimum atomic E-state index is 1.11. The number of rotatable bonds is 1. The first-order chi connectivity index (χ1) is 5.33. The molecule has 0 N–H and O–H groups in total. The van der Waals surface area contributed by atoms with E-state index >= 15 is 0 Å². The molecule has 0 aromatic heterocycles. The molecule has 0 spiro atoms. The maximum atomic E-state index is 6.50. The molecule has 0 heterocycles. The third-order valence-electron chi connectivity index (χ3n) is 1.30. The van der Waals surface area contributed by atoms with E-state index in [1.54, 1.807) is 0 Å². The summed E-state index contributed by atoms with van der Waals surface area (Å²) in [5.74, 6) is 0. The van der Waals surface area contributed by atoms with E-state index in [1.807, 2.05) is 6.07 Å². The van der Waals surface area contributed by atoms with E-state index < -0.39 is 0 Å². The monoisotopic (exact) mass is 211 g/mol. The van der Waals surface area contributed by atoms with Gasteiger partial charge in [-0.25, -0.2) is 5.26 Å². The Morgan fingerprint density at radius 2 is 2.09 bits per heavy atom. The Morgan fingerprint density at radius 3 is 2.45 bits per heavy atom. The predicted octanol–water partition coefficient (Wildman–Crippen LogP) is 3.15. The largest absolute Gasteiger partial charge is 0.202 e. The van der Waals surface area contributed by atoms with Crippen LogP contribution in [0, 0.1) is 11.8 Å². The smallest absolute Gasteiger partial charge is 0.0462 e. The van der Waals surface area contributed by atoms with Crippen LogP contribution >= 0.6 is 15.9 Å². The van der Waals surface area contributed by atoms with Crippen LogP contribution in [0.15, 0.2) is 28.7 Å². The summed E-state index contributed by atoms with van der Waals surface area (Å²) in [4.78, 5) is 0. The van der Waals surface area contributed by atoms with Crippen molar-refractivity contribution in [2.45, 2.75) is 13.3 Å². The summed E-state index contributed by atoms with van der Waals surface area (Å²) >= 11 is 3.40. The number of nitriles is 1. The van der Waals surface area contributed by atoms with Gasteiger partial charge in [0, 0.05) is 11.0 Å². The molecule has 0 aliphatic heterocycles. The molecule has 0 saturated carbocycles. The van der Waals surface area contributed by atoms with Crippen molar-refractivity contribution in [3.8, 4) is 6.57 Å². The molecule has 0 bridgehead atoms. The summed E-state index contributed by atoms with van der Waals surface area (Å²) in [6, 6.07) is 8.37. The lowest BCUT2D eigenvalue weighted by Gasteiger charge is -1.94. The van der Waals surface area contributed by atoms with Crippen molar-refractivity contribution in [3.63, 3.8) is 0 Å². The van der Waals surface area contributed by atoms with E-state index in [-0.39, 0.29) is 0 Å². The van der Waals surface area contributed by atoms with Crippen LogP contribution in [-0.2, 0) is 6.42 Å². The van der Waals surface area contributed by atoms with Gasteiger partial charge < -0.3 is 0 Å². The van der Waals surface area contributed by atoms with Gasteiger partial charge in [0.05, 0.1) is 0 Å². The van der Waals surface area contributed by atoms with Gasteiger partial charge in [-0.3, -0.25) is 0 Å². The van der Waals surface area contributed by atoms with Gasteiger partial charge >= 0.3 is 0 Å². The van der Waals surface area contributed by atoms with E-state index in [0.717, 1.165) is 6.42 Å². The Bertz CT molecular complexity index is 230. The second-order valence-corrected chi connectivity index (χ2v) is 2.90. The summed E-state index contributed by atoms with van der Waals surface area (Å²) in [7, 11) is 0. The molecule has 0 amide bonds. The Balaban J connectivity index is 0.000000461. The lowest BCUT2D eigenvalue weighted by atomic mass is 10.2. The molecule has 1 nitrogen and oxygen atoms in total. The van der Waals surface area contributed by atoms with Crippen LogP contribution < -0.4 is 0 Å². The van der Waals surface area contributed by atoms with E-state index in [0.29, 0.717) is 0 Å². The van der Waals surface area contributed by atoms with Crippen molar-refractivity contribution in [3.05, 3.63) is 34.3 Å². The van der Waals surface area contributed by atoms with Crippen LogP contribution in [0.3, 0.4) is 0 Å². The molecule has 0 aliphatic carbocycles. The highest BCUT2D eigenvalue weighted by Gasteiger charge is 1.87. The van der Waals surface area contributed by atoms with Crippen LogP contribution in [0.5, 0.6) is 0 Å². The zero-order valence-electron chi connectivity index (χ0n) is 6.42. The Kier molecular flexibility index (Phi) is 5.50. The molecule has 11 heavy (non-hydrogen) atoms. The standard InChI is InChI=1S/C8H9Br.CHN/c1-2-7-4-3-5-8(9)6-7;1-2/h3-6H,2H2,1H3;1H. The van der Waals surface area contributed by atoms with Crippen molar-refractivity contribution in [1.82, 2.24) is 0 Å². The third-order valence-corrected chi connectivity index (χ3v) is 1.79. The molecule has 0 saturated heterocycles. The topological polar surface area (TPSA) is 23.8 Å². The summed E-state index contributed by atoms with van der Waals surface area (Å²) in [5.41, 5.74) is 1.38. The van der Waals surface area contributed by atoms with Crippen molar-refractivity contribution in [1.29, 1.82) is 5.26 Å². The molecule has 0 radical (unpaired) electrons. The van der Waals surface area contributed by atoms with Gasteiger partial charge in [-0.1, -0.05) is 35.0 Å². The summed E-state index contributed by atoms with van der Waals surface area (Å²) in [5, 5.41) is 6.50. The molecule has 0 aliphatic rings. The summed E-state index contributed by atoms with van der Waals surface area (Å²) < 4.78 is 1.17. The third kappa shape index (κ3) is 3.79. The number of nitrogens with zero attached hydrogens (tertiary/aromatic N) is 1. The number of halogens is 1. The van der Waals surface area contributed by atoms with E-state index in [2.05, 4.69) is 47.6 Å². The first-order valence-electron chi connectivity index (χ1n) is 3.33. The van der Waals surface area contributed by atoms with E-state index in [1.165, 1.54) is 10.0 Å². The van der Waals surface area contributed by atoms with Crippen LogP contribution in [0.25, 0.3) is 0 Å². The maximum Gasteiger partial charge on any atom is 0.0462 e. The van der Waals surface area contributed by atoms with Gasteiger partial charge in [-0.15, -0.1) is 0 Å². The van der Waals surface area contributed by atoms with Crippen LogP contribution in [0.2, 0.25) is 0 Å². The quantitative estimate of drug-likeness (QED) is 0.701. The SMILES string of the molecule is C#N.CCc1cccc(Br)c1. The number of aryl methyl sites for hydroxylation is 1. The van der Waals surface area contributed by atoms with Crippen LogP contribution in [-0.4, -0.2) is 0 Å². The van der Waals surface area contributed by atoms with Gasteiger partial charge in [-0.05, 0) is 24.1 Å². The molecule has 58 valence electrons. The molecule has 0 fully saturated rings. The molecular formula is C9H10BrN. The average Bonchev–Trinajstić information content (AvgIpc) is 2.08. The van der Waals surface area contributed by atoms with Crippen molar-refractivity contribution >= 4 is 15.9 Å². The second kappa shape index (κ2) is 5.94. The highest BCUT2D eigenvalue weighted by molar-refractivity contribution is 9.10. The number of benzene rings is 1. The highest BCUT2D eigenvalue weighted by atomic mass is 79.9. The van der Waals surface area contributed by atoms with Crippen LogP contribution in [0.1, 0.15) is 12.5 Å². The summed E-state index contributed by atoms with van der Waals surface area (Å²) in [6.45, 7) is 5.65. The molecule has 0 atom stereocenters. The molecular weight excluding hydrogens is 202 g/mol. The zero-order valence-corrected chi connectivity index (χ0v) is 8.01. The van der Waals surface area contributed by atoms with Crippen molar-refractivity contribution < 1.29 is 0 Å². The lowest BCUT2D eigenvalue weighted by Crippen LogP contribution is -1.76. The van der Waals surface area contributed by atoms with E-state index in [9.17, 15) is 0 Å². The van der Waals surface area contributed by atoms with Gasteiger partial charge in [0.1, 0.15) is 0 Å². The number of hydrogen-bond acceptors (Lipinski definition) is 1. The predicted molar refractivity (Wildman–Crippen MR) is 50.2 cm³/mol. The second-order valence-electron chi connectivity index (χ2n) is 1.98. The molecule has 1 aromatic carbocycles. The average molecular weight is 212 g/mol. The minimum Gasteiger partial charge on any atom is -0.202 e. The van der Waals surface area contributed by atoms with Crippen LogP contribution in [0.4, 0.5) is 0 Å². The lowest BCUT2D eigenvalue weighted by molar-refractivity contribution is 1.14. The molecule has 1 aromatic rings. The normalized spacial score (nSPS) is 8.00. The van der Waals surface area contributed by atoms with Gasteiger partial charge in [0.25, 0.3) is 0 Å². The van der Waals surface area contributed by atoms with Crippen molar-refractivity contribution in [2.75, 3.05) is 0 Å². The number of hydrogen-bond donors (Lipinski definition) is 0. The van der Waals surface area contributed by atoms with Crippen molar-refractivity contribution in [2.24, 2.45) is 0 Å². The fraction of sp³-hybridized carbons (Fsp3) is 0.222. The fourth-order valence-electron chi connectivity index (χ4n) is 0.757. The fourth-order valence-corrected chi connectivity index (χ4v) is 1.20. The highest BCUT2D eigenvalue weighted by Crippen LogP contribution is 2.11. The summed E-state index contributed by atoms with van der Waals surface area (Å²) in [6.07, 6.45) is 1.11. The first-order valence-corrected chi connectivity index (χ1v) is 4.12. The maximum absolute atomic E-state index is 6.50. The van der Waals surface area contributed by atoms with Gasteiger partial charge in [-0.2, -0.15) is 0 Å². The molecule has 0 unspecified atom stereocenters. The minimum absolute atomic E-state index is 1.11. The first kappa shape index (κ1) is 10.2. The molecule has 2 heteroatoms. The zero-order chi connectivity index (χ0) is 8.69.